The standard InChI is InChI=1S/C14H21FN2O2S/c1-2-5-14(6-7-14)10-17-20(18,19)13-8-11(9-16)3-4-12(13)15/h3-4,8,17H,2,5-7,9-10,16H2,1H3. The van der Waals surface area contributed by atoms with Gasteiger partial charge in [0.25, 0.3) is 0 Å². The van der Waals surface area contributed by atoms with Gasteiger partial charge in [0.05, 0.1) is 0 Å². The van der Waals surface area contributed by atoms with Crippen LogP contribution in [-0.2, 0) is 16.6 Å². The van der Waals surface area contributed by atoms with Crippen LogP contribution in [0.15, 0.2) is 23.1 Å². The molecule has 0 radical (unpaired) electrons. The van der Waals surface area contributed by atoms with Gasteiger partial charge in [0.15, 0.2) is 0 Å². The maximum atomic E-state index is 13.7. The van der Waals surface area contributed by atoms with Crippen molar-refractivity contribution in [2.75, 3.05) is 6.54 Å². The van der Waals surface area contributed by atoms with E-state index in [0.717, 1.165) is 31.7 Å². The lowest BCUT2D eigenvalue weighted by atomic mass is 10.0. The third-order valence-electron chi connectivity index (χ3n) is 3.90. The molecule has 0 aliphatic heterocycles. The minimum absolute atomic E-state index is 0.0871. The number of halogens is 1. The molecule has 0 unspecified atom stereocenters. The second kappa shape index (κ2) is 5.79. The Morgan fingerprint density at radius 3 is 2.65 bits per heavy atom. The van der Waals surface area contributed by atoms with Gasteiger partial charge in [-0.3, -0.25) is 0 Å². The molecule has 1 saturated carbocycles. The molecule has 2 rings (SSSR count). The van der Waals surface area contributed by atoms with Crippen molar-refractivity contribution in [1.82, 2.24) is 4.72 Å². The van der Waals surface area contributed by atoms with E-state index in [4.69, 9.17) is 5.73 Å². The average Bonchev–Trinajstić information content (AvgIpc) is 3.18. The first-order valence-electron chi connectivity index (χ1n) is 6.91. The fourth-order valence-corrected chi connectivity index (χ4v) is 3.71. The smallest absolute Gasteiger partial charge is 0.243 e. The van der Waals surface area contributed by atoms with Crippen LogP contribution in [-0.4, -0.2) is 15.0 Å². The van der Waals surface area contributed by atoms with Gasteiger partial charge in [0.1, 0.15) is 10.7 Å². The molecule has 0 aromatic heterocycles. The van der Waals surface area contributed by atoms with E-state index in [2.05, 4.69) is 11.6 Å². The first-order valence-corrected chi connectivity index (χ1v) is 8.39. The van der Waals surface area contributed by atoms with Gasteiger partial charge in [0.2, 0.25) is 10.0 Å². The molecule has 4 nitrogen and oxygen atoms in total. The monoisotopic (exact) mass is 300 g/mol. The molecule has 0 bridgehead atoms. The van der Waals surface area contributed by atoms with Crippen LogP contribution in [0.2, 0.25) is 0 Å². The molecule has 3 N–H and O–H groups in total. The van der Waals surface area contributed by atoms with Crippen LogP contribution in [0.4, 0.5) is 4.39 Å². The van der Waals surface area contributed by atoms with Crippen LogP contribution < -0.4 is 10.5 Å². The Bertz CT molecular complexity index is 583. The van der Waals surface area contributed by atoms with E-state index in [1.54, 1.807) is 0 Å². The first kappa shape index (κ1) is 15.4. The normalized spacial score (nSPS) is 17.1. The van der Waals surface area contributed by atoms with E-state index in [1.165, 1.54) is 12.1 Å². The summed E-state index contributed by atoms with van der Waals surface area (Å²) < 4.78 is 40.7. The highest BCUT2D eigenvalue weighted by molar-refractivity contribution is 7.89. The van der Waals surface area contributed by atoms with Gasteiger partial charge in [-0.2, -0.15) is 0 Å². The average molecular weight is 300 g/mol. The van der Waals surface area contributed by atoms with E-state index in [9.17, 15) is 12.8 Å². The molecule has 20 heavy (non-hydrogen) atoms. The molecule has 0 atom stereocenters. The summed E-state index contributed by atoms with van der Waals surface area (Å²) in [5, 5.41) is 0. The fourth-order valence-electron chi connectivity index (χ4n) is 2.43. The van der Waals surface area contributed by atoms with Gasteiger partial charge in [-0.25, -0.2) is 17.5 Å². The van der Waals surface area contributed by atoms with Gasteiger partial charge in [-0.05, 0) is 42.4 Å². The molecule has 0 spiro atoms. The van der Waals surface area contributed by atoms with E-state index in [0.29, 0.717) is 12.1 Å². The zero-order valence-corrected chi connectivity index (χ0v) is 12.5. The zero-order valence-electron chi connectivity index (χ0n) is 11.7. The summed E-state index contributed by atoms with van der Waals surface area (Å²) >= 11 is 0. The molecular formula is C14H21FN2O2S. The predicted molar refractivity (Wildman–Crippen MR) is 76.1 cm³/mol. The second-order valence-electron chi connectivity index (χ2n) is 5.54. The lowest BCUT2D eigenvalue weighted by Crippen LogP contribution is -2.31. The summed E-state index contributed by atoms with van der Waals surface area (Å²) in [6, 6.07) is 3.95. The van der Waals surface area contributed by atoms with Crippen molar-refractivity contribution in [2.24, 2.45) is 11.1 Å². The molecular weight excluding hydrogens is 279 g/mol. The van der Waals surface area contributed by atoms with Crippen molar-refractivity contribution in [3.63, 3.8) is 0 Å². The largest absolute Gasteiger partial charge is 0.326 e. The third-order valence-corrected chi connectivity index (χ3v) is 5.31. The number of benzene rings is 1. The predicted octanol–water partition coefficient (Wildman–Crippen LogP) is 2.14. The van der Waals surface area contributed by atoms with Gasteiger partial charge < -0.3 is 5.73 Å². The van der Waals surface area contributed by atoms with E-state index >= 15 is 0 Å². The van der Waals surface area contributed by atoms with Crippen molar-refractivity contribution in [3.8, 4) is 0 Å². The summed E-state index contributed by atoms with van der Waals surface area (Å²) in [6.07, 6.45) is 4.10. The molecule has 112 valence electrons. The Labute approximate surface area is 119 Å². The molecule has 1 aromatic rings. The number of hydrogen-bond donors (Lipinski definition) is 2. The third kappa shape index (κ3) is 3.37. The Kier molecular flexibility index (Phi) is 4.46. The Morgan fingerprint density at radius 1 is 1.40 bits per heavy atom. The minimum Gasteiger partial charge on any atom is -0.326 e. The topological polar surface area (TPSA) is 72.2 Å². The van der Waals surface area contributed by atoms with Crippen molar-refractivity contribution in [3.05, 3.63) is 29.6 Å². The maximum absolute atomic E-state index is 13.7. The summed E-state index contributed by atoms with van der Waals surface area (Å²) in [4.78, 5) is -0.312. The Hall–Kier alpha value is -0.980. The number of hydrogen-bond acceptors (Lipinski definition) is 3. The number of rotatable bonds is 7. The van der Waals surface area contributed by atoms with E-state index < -0.39 is 15.8 Å². The van der Waals surface area contributed by atoms with Crippen LogP contribution in [0.1, 0.15) is 38.2 Å². The molecule has 1 aliphatic carbocycles. The minimum atomic E-state index is -3.82. The zero-order chi connectivity index (χ0) is 14.8. The SMILES string of the molecule is CCCC1(CNS(=O)(=O)c2cc(CN)ccc2F)CC1. The Morgan fingerprint density at radius 2 is 2.10 bits per heavy atom. The fraction of sp³-hybridized carbons (Fsp3) is 0.571. The number of nitrogens with two attached hydrogens (primary N) is 1. The van der Waals surface area contributed by atoms with Crippen LogP contribution in [0.5, 0.6) is 0 Å². The molecule has 6 heteroatoms. The molecule has 1 aromatic carbocycles. The van der Waals surface area contributed by atoms with Gasteiger partial charge >= 0.3 is 0 Å². The number of sulfonamides is 1. The highest BCUT2D eigenvalue weighted by atomic mass is 32.2. The number of nitrogens with one attached hydrogen (secondary N) is 1. The lowest BCUT2D eigenvalue weighted by molar-refractivity contribution is 0.448. The lowest BCUT2D eigenvalue weighted by Gasteiger charge is -2.15. The first-order chi connectivity index (χ1) is 9.42. The Balaban J connectivity index is 2.14. The van der Waals surface area contributed by atoms with Gasteiger partial charge in [0, 0.05) is 13.1 Å². The van der Waals surface area contributed by atoms with Gasteiger partial charge in [-0.15, -0.1) is 0 Å². The van der Waals surface area contributed by atoms with E-state index in [-0.39, 0.29) is 16.9 Å². The summed E-state index contributed by atoms with van der Waals surface area (Å²) in [5.41, 5.74) is 6.15. The second-order valence-corrected chi connectivity index (χ2v) is 7.28. The van der Waals surface area contributed by atoms with Crippen LogP contribution in [0.3, 0.4) is 0 Å². The van der Waals surface area contributed by atoms with Crippen molar-refractivity contribution >= 4 is 10.0 Å². The summed E-state index contributed by atoms with van der Waals surface area (Å²) in [7, 11) is -3.82. The summed E-state index contributed by atoms with van der Waals surface area (Å²) in [6.45, 7) is 2.65. The van der Waals surface area contributed by atoms with Crippen LogP contribution >= 0.6 is 0 Å². The van der Waals surface area contributed by atoms with Crippen molar-refractivity contribution in [2.45, 2.75) is 44.0 Å². The molecule has 0 saturated heterocycles. The van der Waals surface area contributed by atoms with Gasteiger partial charge in [-0.1, -0.05) is 19.4 Å². The molecule has 1 aliphatic rings. The van der Waals surface area contributed by atoms with E-state index in [1.807, 2.05) is 0 Å². The summed E-state index contributed by atoms with van der Waals surface area (Å²) in [5.74, 6) is -0.741. The molecule has 0 heterocycles. The van der Waals surface area contributed by atoms with Crippen LogP contribution in [0.25, 0.3) is 0 Å². The van der Waals surface area contributed by atoms with Crippen molar-refractivity contribution < 1.29 is 12.8 Å². The molecule has 0 amide bonds. The highest BCUT2D eigenvalue weighted by Gasteiger charge is 2.42. The van der Waals surface area contributed by atoms with Crippen molar-refractivity contribution in [1.29, 1.82) is 0 Å². The quantitative estimate of drug-likeness (QED) is 0.810. The molecule has 1 fully saturated rings. The highest BCUT2D eigenvalue weighted by Crippen LogP contribution is 2.49. The maximum Gasteiger partial charge on any atom is 0.243 e. The van der Waals surface area contributed by atoms with Crippen LogP contribution in [0, 0.1) is 11.2 Å².